The molecule has 1 amide bonds. The van der Waals surface area contributed by atoms with Crippen LogP contribution in [0.2, 0.25) is 0 Å². The molecule has 3 rings (SSSR count). The first-order valence-electron chi connectivity index (χ1n) is 8.32. The number of benzene rings is 2. The smallest absolute Gasteiger partial charge is 0.224 e. The summed E-state index contributed by atoms with van der Waals surface area (Å²) < 4.78 is 0. The van der Waals surface area contributed by atoms with Gasteiger partial charge in [0.15, 0.2) is 0 Å². The number of carbonyl (C=O) groups excluding carboxylic acids is 1. The van der Waals surface area contributed by atoms with Crippen molar-refractivity contribution in [3.05, 3.63) is 84.7 Å². The Hall–Kier alpha value is -2.59. The molecule has 1 N–H and O–H groups in total. The van der Waals surface area contributed by atoms with Crippen LogP contribution in [-0.4, -0.2) is 10.9 Å². The number of nitrogens with one attached hydrogen (secondary N) is 1. The Morgan fingerprint density at radius 2 is 1.72 bits per heavy atom. The van der Waals surface area contributed by atoms with Crippen molar-refractivity contribution >= 4 is 23.4 Å². The van der Waals surface area contributed by atoms with Gasteiger partial charge in [0.1, 0.15) is 0 Å². The molecule has 1 aromatic heterocycles. The van der Waals surface area contributed by atoms with E-state index in [0.717, 1.165) is 29.1 Å². The summed E-state index contributed by atoms with van der Waals surface area (Å²) in [5.41, 5.74) is 1.86. The van der Waals surface area contributed by atoms with Gasteiger partial charge in [-0.05, 0) is 55.3 Å². The van der Waals surface area contributed by atoms with Crippen molar-refractivity contribution in [1.29, 1.82) is 0 Å². The minimum atomic E-state index is 0.0396. The summed E-state index contributed by atoms with van der Waals surface area (Å²) in [5.74, 6) is 0.0396. The summed E-state index contributed by atoms with van der Waals surface area (Å²) in [7, 11) is 0. The predicted molar refractivity (Wildman–Crippen MR) is 103 cm³/mol. The highest BCUT2D eigenvalue weighted by atomic mass is 32.2. The third-order valence-electron chi connectivity index (χ3n) is 3.66. The molecule has 4 heteroatoms. The summed E-state index contributed by atoms with van der Waals surface area (Å²) in [6, 6.07) is 24.0. The second-order valence-electron chi connectivity index (χ2n) is 5.67. The van der Waals surface area contributed by atoms with Gasteiger partial charge in [0.2, 0.25) is 5.91 Å². The van der Waals surface area contributed by atoms with Crippen molar-refractivity contribution in [2.45, 2.75) is 29.1 Å². The molecule has 0 aliphatic heterocycles. The number of rotatable bonds is 7. The molecular weight excluding hydrogens is 328 g/mol. The Bertz CT molecular complexity index is 806. The molecule has 2 aromatic carbocycles. The number of carbonyl (C=O) groups is 1. The Balaban J connectivity index is 1.50. The fraction of sp³-hybridized carbons (Fsp3) is 0.143. The highest BCUT2D eigenvalue weighted by Crippen LogP contribution is 2.29. The first-order chi connectivity index (χ1) is 12.3. The van der Waals surface area contributed by atoms with Crippen LogP contribution in [0.5, 0.6) is 0 Å². The highest BCUT2D eigenvalue weighted by Gasteiger charge is 2.05. The topological polar surface area (TPSA) is 42.0 Å². The van der Waals surface area contributed by atoms with E-state index in [1.54, 1.807) is 18.0 Å². The molecular formula is C21H20N2OS. The number of aryl methyl sites for hydroxylation is 1. The Kier molecular flexibility index (Phi) is 6.23. The van der Waals surface area contributed by atoms with E-state index in [-0.39, 0.29) is 5.91 Å². The van der Waals surface area contributed by atoms with E-state index in [0.29, 0.717) is 6.42 Å². The van der Waals surface area contributed by atoms with E-state index < -0.39 is 0 Å². The number of hydrogen-bond donors (Lipinski definition) is 1. The average molecular weight is 348 g/mol. The van der Waals surface area contributed by atoms with Gasteiger partial charge in [0.05, 0.1) is 0 Å². The molecule has 0 bridgehead atoms. The van der Waals surface area contributed by atoms with Crippen LogP contribution >= 0.6 is 11.8 Å². The van der Waals surface area contributed by atoms with Crippen molar-refractivity contribution < 1.29 is 4.79 Å². The summed E-state index contributed by atoms with van der Waals surface area (Å²) in [6.45, 7) is 0. The van der Waals surface area contributed by atoms with Gasteiger partial charge in [-0.2, -0.15) is 0 Å². The first-order valence-corrected chi connectivity index (χ1v) is 9.14. The fourth-order valence-corrected chi connectivity index (χ4v) is 3.36. The molecule has 25 heavy (non-hydrogen) atoms. The number of pyridine rings is 1. The average Bonchev–Trinajstić information content (AvgIpc) is 2.64. The molecule has 0 radical (unpaired) electrons. The van der Waals surface area contributed by atoms with Crippen LogP contribution in [0.4, 0.5) is 5.69 Å². The van der Waals surface area contributed by atoms with Crippen molar-refractivity contribution in [3.63, 3.8) is 0 Å². The van der Waals surface area contributed by atoms with Gasteiger partial charge in [-0.25, -0.2) is 0 Å². The van der Waals surface area contributed by atoms with Gasteiger partial charge < -0.3 is 5.32 Å². The minimum Gasteiger partial charge on any atom is -0.326 e. The lowest BCUT2D eigenvalue weighted by atomic mass is 10.1. The lowest BCUT2D eigenvalue weighted by Gasteiger charge is -2.07. The zero-order valence-corrected chi connectivity index (χ0v) is 14.7. The monoisotopic (exact) mass is 348 g/mol. The first kappa shape index (κ1) is 17.2. The van der Waals surface area contributed by atoms with Gasteiger partial charge >= 0.3 is 0 Å². The predicted octanol–water partition coefficient (Wildman–Crippen LogP) is 5.19. The number of hydrogen-bond acceptors (Lipinski definition) is 3. The number of amides is 1. The normalized spacial score (nSPS) is 10.4. The molecule has 1 heterocycles. The molecule has 3 aromatic rings. The van der Waals surface area contributed by atoms with Crippen LogP contribution < -0.4 is 5.32 Å². The van der Waals surface area contributed by atoms with Gasteiger partial charge in [-0.3, -0.25) is 9.78 Å². The highest BCUT2D eigenvalue weighted by molar-refractivity contribution is 7.99. The zero-order valence-electron chi connectivity index (χ0n) is 13.9. The van der Waals surface area contributed by atoms with Crippen LogP contribution in [0.15, 0.2) is 88.8 Å². The van der Waals surface area contributed by atoms with E-state index in [9.17, 15) is 4.79 Å². The Morgan fingerprint density at radius 1 is 0.920 bits per heavy atom. The lowest BCUT2D eigenvalue weighted by molar-refractivity contribution is -0.116. The summed E-state index contributed by atoms with van der Waals surface area (Å²) >= 11 is 1.68. The van der Waals surface area contributed by atoms with Gasteiger partial charge in [0.25, 0.3) is 0 Å². The molecule has 0 fully saturated rings. The van der Waals surface area contributed by atoms with Gasteiger partial charge in [0, 0.05) is 33.8 Å². The molecule has 0 unspecified atom stereocenters. The third kappa shape index (κ3) is 5.76. The molecule has 0 saturated carbocycles. The van der Waals surface area contributed by atoms with Crippen LogP contribution in [0.3, 0.4) is 0 Å². The number of nitrogens with zero attached hydrogens (tertiary/aromatic N) is 1. The lowest BCUT2D eigenvalue weighted by Crippen LogP contribution is -2.11. The maximum atomic E-state index is 12.1. The van der Waals surface area contributed by atoms with E-state index >= 15 is 0 Å². The maximum absolute atomic E-state index is 12.1. The van der Waals surface area contributed by atoms with E-state index in [4.69, 9.17) is 0 Å². The van der Waals surface area contributed by atoms with Crippen LogP contribution in [0.1, 0.15) is 18.5 Å². The largest absolute Gasteiger partial charge is 0.326 e. The van der Waals surface area contributed by atoms with E-state index in [1.165, 1.54) is 4.90 Å². The molecule has 0 saturated heterocycles. The molecule has 3 nitrogen and oxygen atoms in total. The van der Waals surface area contributed by atoms with Crippen LogP contribution in [-0.2, 0) is 11.2 Å². The van der Waals surface area contributed by atoms with E-state index in [2.05, 4.69) is 22.4 Å². The summed E-state index contributed by atoms with van der Waals surface area (Å²) in [4.78, 5) is 18.7. The molecule has 0 aliphatic rings. The van der Waals surface area contributed by atoms with Crippen LogP contribution in [0.25, 0.3) is 0 Å². The Labute approximate surface area is 152 Å². The standard InChI is InChI=1S/C21H20N2OS/c24-21(14-7-9-17-8-4-5-15-22-17)23-18-10-6-13-20(16-18)25-19-11-2-1-3-12-19/h1-6,8,10-13,15-16H,7,9,14H2,(H,23,24). The fourth-order valence-electron chi connectivity index (χ4n) is 2.46. The second kappa shape index (κ2) is 9.04. The Morgan fingerprint density at radius 3 is 2.52 bits per heavy atom. The summed E-state index contributed by atoms with van der Waals surface area (Å²) in [5, 5.41) is 2.98. The third-order valence-corrected chi connectivity index (χ3v) is 4.66. The maximum Gasteiger partial charge on any atom is 0.224 e. The van der Waals surface area contributed by atoms with Gasteiger partial charge in [-0.15, -0.1) is 0 Å². The minimum absolute atomic E-state index is 0.0396. The second-order valence-corrected chi connectivity index (χ2v) is 6.81. The molecule has 126 valence electrons. The van der Waals surface area contributed by atoms with Crippen molar-refractivity contribution in [1.82, 2.24) is 4.98 Å². The van der Waals surface area contributed by atoms with Crippen molar-refractivity contribution in [2.24, 2.45) is 0 Å². The van der Waals surface area contributed by atoms with Crippen LogP contribution in [0, 0.1) is 0 Å². The SMILES string of the molecule is O=C(CCCc1ccccn1)Nc1cccc(Sc2ccccc2)c1. The molecule has 0 spiro atoms. The van der Waals surface area contributed by atoms with Gasteiger partial charge in [-0.1, -0.05) is 42.1 Å². The number of aromatic nitrogens is 1. The molecule has 0 aliphatic carbocycles. The van der Waals surface area contributed by atoms with Crippen molar-refractivity contribution in [3.8, 4) is 0 Å². The van der Waals surface area contributed by atoms with Crippen molar-refractivity contribution in [2.75, 3.05) is 5.32 Å². The summed E-state index contributed by atoms with van der Waals surface area (Å²) in [6.07, 6.45) is 3.89. The van der Waals surface area contributed by atoms with E-state index in [1.807, 2.05) is 60.7 Å². The quantitative estimate of drug-likeness (QED) is 0.638. The zero-order chi connectivity index (χ0) is 17.3. The molecule has 0 atom stereocenters. The number of anilines is 1.